The Labute approximate surface area is 170 Å². The van der Waals surface area contributed by atoms with Crippen LogP contribution in [0.4, 0.5) is 0 Å². The lowest BCUT2D eigenvalue weighted by Gasteiger charge is -2.19. The van der Waals surface area contributed by atoms with Crippen molar-refractivity contribution in [2.45, 2.75) is 26.4 Å². The minimum Gasteiger partial charge on any atom is -0.465 e. The van der Waals surface area contributed by atoms with Crippen LogP contribution in [-0.4, -0.2) is 37.7 Å². The van der Waals surface area contributed by atoms with E-state index in [1.165, 1.54) is 20.3 Å². The third-order valence-electron chi connectivity index (χ3n) is 3.86. The van der Waals surface area contributed by atoms with E-state index in [4.69, 9.17) is 14.2 Å². The molecule has 2 aromatic rings. The molecule has 0 spiro atoms. The minimum absolute atomic E-state index is 0.337. The molecule has 6 heteroatoms. The maximum Gasteiger partial charge on any atom is 0.337 e. The molecule has 0 amide bonds. The lowest BCUT2D eigenvalue weighted by Crippen LogP contribution is -2.22. The zero-order chi connectivity index (χ0) is 21.6. The number of hydrogen-bond donors (Lipinski definition) is 0. The van der Waals surface area contributed by atoms with Crippen LogP contribution < -0.4 is 0 Å². The maximum absolute atomic E-state index is 12.5. The highest BCUT2D eigenvalue weighted by molar-refractivity contribution is 5.99. The summed E-state index contributed by atoms with van der Waals surface area (Å²) < 4.78 is 15.0. The highest BCUT2D eigenvalue weighted by Gasteiger charge is 2.18. The fraction of sp³-hybridized carbons (Fsp3) is 0.261. The third kappa shape index (κ3) is 6.04. The Bertz CT molecular complexity index is 888. The summed E-state index contributed by atoms with van der Waals surface area (Å²) in [5, 5.41) is 0. The lowest BCUT2D eigenvalue weighted by molar-refractivity contribution is -0.148. The molecular weight excluding hydrogens is 372 g/mol. The van der Waals surface area contributed by atoms with Crippen molar-refractivity contribution in [1.82, 2.24) is 0 Å². The molecule has 0 fully saturated rings. The van der Waals surface area contributed by atoms with Crippen molar-refractivity contribution in [3.05, 3.63) is 76.9 Å². The third-order valence-corrected chi connectivity index (χ3v) is 3.86. The monoisotopic (exact) mass is 396 g/mol. The van der Waals surface area contributed by atoms with Crippen molar-refractivity contribution in [2.24, 2.45) is 0 Å². The zero-order valence-electron chi connectivity index (χ0n) is 17.1. The van der Waals surface area contributed by atoms with Gasteiger partial charge in [-0.15, -0.1) is 0 Å². The summed E-state index contributed by atoms with van der Waals surface area (Å²) in [5.74, 6) is -1.53. The Balaban J connectivity index is 2.60. The molecule has 6 nitrogen and oxygen atoms in total. The van der Waals surface area contributed by atoms with Gasteiger partial charge in [-0.3, -0.25) is 0 Å². The molecule has 0 saturated carbocycles. The molecule has 0 heterocycles. The number of carbonyl (C=O) groups is 3. The fourth-order valence-electron chi connectivity index (χ4n) is 2.65. The Kier molecular flexibility index (Phi) is 6.93. The highest BCUT2D eigenvalue weighted by Crippen LogP contribution is 2.26. The van der Waals surface area contributed by atoms with Crippen LogP contribution in [0.3, 0.4) is 0 Å². The quantitative estimate of drug-likeness (QED) is 0.431. The van der Waals surface area contributed by atoms with Gasteiger partial charge in [0.05, 0.1) is 25.3 Å². The Morgan fingerprint density at radius 1 is 0.759 bits per heavy atom. The SMILES string of the molecule is COC(=O)c1cccc(C(=CC(=O)OC(C)(C)C)c2cccc(C(=O)OC)c2)c1. The van der Waals surface area contributed by atoms with Crippen molar-refractivity contribution in [3.8, 4) is 0 Å². The Hall–Kier alpha value is -3.41. The standard InChI is InChI=1S/C23H24O6/c1-23(2,3)29-20(24)14-19(15-8-6-10-17(12-15)21(25)27-4)16-9-7-11-18(13-16)22(26)28-5/h6-14H,1-5H3. The van der Waals surface area contributed by atoms with Gasteiger partial charge in [0.25, 0.3) is 0 Å². The van der Waals surface area contributed by atoms with E-state index in [2.05, 4.69) is 0 Å². The van der Waals surface area contributed by atoms with Gasteiger partial charge in [0.2, 0.25) is 0 Å². The average molecular weight is 396 g/mol. The first-order valence-electron chi connectivity index (χ1n) is 8.97. The molecule has 0 radical (unpaired) electrons. The number of benzene rings is 2. The number of ether oxygens (including phenoxy) is 3. The summed E-state index contributed by atoms with van der Waals surface area (Å²) in [7, 11) is 2.60. The van der Waals surface area contributed by atoms with Crippen molar-refractivity contribution in [2.75, 3.05) is 14.2 Å². The molecule has 0 bridgehead atoms. The normalized spacial score (nSPS) is 10.7. The van der Waals surface area contributed by atoms with E-state index < -0.39 is 23.5 Å². The number of hydrogen-bond acceptors (Lipinski definition) is 6. The molecule has 2 rings (SSSR count). The molecule has 0 aliphatic rings. The second-order valence-electron chi connectivity index (χ2n) is 7.24. The van der Waals surface area contributed by atoms with Crippen molar-refractivity contribution in [1.29, 1.82) is 0 Å². The van der Waals surface area contributed by atoms with E-state index in [9.17, 15) is 14.4 Å². The van der Waals surface area contributed by atoms with Crippen molar-refractivity contribution in [3.63, 3.8) is 0 Å². The van der Waals surface area contributed by atoms with Gasteiger partial charge in [-0.25, -0.2) is 14.4 Å². The lowest BCUT2D eigenvalue weighted by atomic mass is 9.94. The van der Waals surface area contributed by atoms with Gasteiger partial charge in [-0.2, -0.15) is 0 Å². The predicted molar refractivity (Wildman–Crippen MR) is 108 cm³/mol. The molecule has 0 aromatic heterocycles. The first-order valence-corrected chi connectivity index (χ1v) is 8.97. The van der Waals surface area contributed by atoms with Gasteiger partial charge in [0.15, 0.2) is 0 Å². The fourth-order valence-corrected chi connectivity index (χ4v) is 2.65. The summed E-state index contributed by atoms with van der Waals surface area (Å²) in [6, 6.07) is 13.4. The molecule has 0 unspecified atom stereocenters. The molecule has 0 aliphatic carbocycles. The van der Waals surface area contributed by atoms with E-state index in [1.54, 1.807) is 69.3 Å². The summed E-state index contributed by atoms with van der Waals surface area (Å²) in [4.78, 5) is 36.3. The zero-order valence-corrected chi connectivity index (χ0v) is 17.1. The maximum atomic E-state index is 12.5. The van der Waals surface area contributed by atoms with Gasteiger partial charge in [-0.1, -0.05) is 24.3 Å². The second kappa shape index (κ2) is 9.19. The van der Waals surface area contributed by atoms with Crippen molar-refractivity contribution >= 4 is 23.5 Å². The van der Waals surface area contributed by atoms with Crippen LogP contribution in [-0.2, 0) is 19.0 Å². The van der Waals surface area contributed by atoms with Crippen LogP contribution in [0.5, 0.6) is 0 Å². The van der Waals surface area contributed by atoms with E-state index in [0.29, 0.717) is 27.8 Å². The Morgan fingerprint density at radius 3 is 1.55 bits per heavy atom. The second-order valence-corrected chi connectivity index (χ2v) is 7.24. The molecular formula is C23H24O6. The van der Waals surface area contributed by atoms with Gasteiger partial charge >= 0.3 is 17.9 Å². The number of esters is 3. The molecule has 2 aromatic carbocycles. The minimum atomic E-state index is -0.666. The number of carbonyl (C=O) groups excluding carboxylic acids is 3. The molecule has 152 valence electrons. The van der Waals surface area contributed by atoms with Crippen LogP contribution in [0.25, 0.3) is 5.57 Å². The van der Waals surface area contributed by atoms with Crippen molar-refractivity contribution < 1.29 is 28.6 Å². The first kappa shape index (κ1) is 21.9. The topological polar surface area (TPSA) is 78.9 Å². The Morgan fingerprint density at radius 2 is 1.17 bits per heavy atom. The first-order chi connectivity index (χ1) is 13.6. The molecule has 0 atom stereocenters. The molecule has 0 N–H and O–H groups in total. The van der Waals surface area contributed by atoms with Gasteiger partial charge in [-0.05, 0) is 61.7 Å². The van der Waals surface area contributed by atoms with Crippen LogP contribution in [0, 0.1) is 0 Å². The largest absolute Gasteiger partial charge is 0.465 e. The smallest absolute Gasteiger partial charge is 0.337 e. The van der Waals surface area contributed by atoms with Crippen LogP contribution in [0.1, 0.15) is 52.6 Å². The van der Waals surface area contributed by atoms with Gasteiger partial charge in [0, 0.05) is 6.08 Å². The molecule has 29 heavy (non-hydrogen) atoms. The molecule has 0 saturated heterocycles. The van der Waals surface area contributed by atoms with E-state index in [1.807, 2.05) is 0 Å². The average Bonchev–Trinajstić information content (AvgIpc) is 2.69. The predicted octanol–water partition coefficient (Wildman–Crippen LogP) is 4.03. The number of methoxy groups -OCH3 is 2. The summed E-state index contributed by atoms with van der Waals surface area (Å²) >= 11 is 0. The van der Waals surface area contributed by atoms with Crippen LogP contribution >= 0.6 is 0 Å². The van der Waals surface area contributed by atoms with Gasteiger partial charge in [0.1, 0.15) is 5.60 Å². The highest BCUT2D eigenvalue weighted by atomic mass is 16.6. The summed E-state index contributed by atoms with van der Waals surface area (Å²) in [5.41, 5.74) is 1.70. The van der Waals surface area contributed by atoms with Crippen LogP contribution in [0.15, 0.2) is 54.6 Å². The van der Waals surface area contributed by atoms with E-state index in [0.717, 1.165) is 0 Å². The van der Waals surface area contributed by atoms with Gasteiger partial charge < -0.3 is 14.2 Å². The van der Waals surface area contributed by atoms with E-state index >= 15 is 0 Å². The summed E-state index contributed by atoms with van der Waals surface area (Å²) in [6.45, 7) is 5.32. The van der Waals surface area contributed by atoms with E-state index in [-0.39, 0.29) is 0 Å². The molecule has 0 aliphatic heterocycles. The van der Waals surface area contributed by atoms with Crippen LogP contribution in [0.2, 0.25) is 0 Å². The number of rotatable bonds is 5. The summed E-state index contributed by atoms with van der Waals surface area (Å²) in [6.07, 6.45) is 1.35.